The third kappa shape index (κ3) is 3.94. The van der Waals surface area contributed by atoms with Gasteiger partial charge in [0.15, 0.2) is 0 Å². The standard InChI is InChI=1S/C23H20N2O3S2/c1-16-8-11-20(12-9-16)30(27,28)25(2)19-10-13-21-17(14-19)15-22(29-21)23(26)24-18-6-4-3-5-7-18/h3-15H,1-2H3,(H,24,26). The predicted molar refractivity (Wildman–Crippen MR) is 123 cm³/mol. The van der Waals surface area contributed by atoms with Gasteiger partial charge in [-0.25, -0.2) is 8.42 Å². The molecule has 0 atom stereocenters. The van der Waals surface area contributed by atoms with Gasteiger partial charge in [0.1, 0.15) is 0 Å². The number of aryl methyl sites for hydroxylation is 1. The molecule has 1 amide bonds. The molecule has 152 valence electrons. The second kappa shape index (κ2) is 7.93. The number of carbonyl (C=O) groups is 1. The summed E-state index contributed by atoms with van der Waals surface area (Å²) in [5.41, 5.74) is 2.26. The van der Waals surface area contributed by atoms with Gasteiger partial charge in [0, 0.05) is 17.4 Å². The van der Waals surface area contributed by atoms with Crippen molar-refractivity contribution in [2.24, 2.45) is 0 Å². The number of fused-ring (bicyclic) bond motifs is 1. The van der Waals surface area contributed by atoms with Crippen LogP contribution in [0.5, 0.6) is 0 Å². The van der Waals surface area contributed by atoms with Crippen LogP contribution < -0.4 is 9.62 Å². The average Bonchev–Trinajstić information content (AvgIpc) is 3.18. The highest BCUT2D eigenvalue weighted by molar-refractivity contribution is 7.92. The van der Waals surface area contributed by atoms with E-state index < -0.39 is 10.0 Å². The number of para-hydroxylation sites is 1. The molecular weight excluding hydrogens is 416 g/mol. The molecule has 7 heteroatoms. The lowest BCUT2D eigenvalue weighted by Crippen LogP contribution is -2.26. The zero-order valence-electron chi connectivity index (χ0n) is 16.5. The largest absolute Gasteiger partial charge is 0.321 e. The molecule has 4 aromatic rings. The first-order valence-electron chi connectivity index (χ1n) is 9.30. The Kier molecular flexibility index (Phi) is 5.32. The molecule has 0 saturated carbocycles. The van der Waals surface area contributed by atoms with Gasteiger partial charge in [-0.1, -0.05) is 35.9 Å². The van der Waals surface area contributed by atoms with Crippen LogP contribution in [0.3, 0.4) is 0 Å². The summed E-state index contributed by atoms with van der Waals surface area (Å²) in [6.07, 6.45) is 0. The highest BCUT2D eigenvalue weighted by Crippen LogP contribution is 2.31. The van der Waals surface area contributed by atoms with Gasteiger partial charge in [-0.3, -0.25) is 9.10 Å². The second-order valence-electron chi connectivity index (χ2n) is 6.94. The summed E-state index contributed by atoms with van der Waals surface area (Å²) in [4.78, 5) is 13.4. The summed E-state index contributed by atoms with van der Waals surface area (Å²) in [5, 5.41) is 3.69. The quantitative estimate of drug-likeness (QED) is 0.462. The van der Waals surface area contributed by atoms with Crippen LogP contribution in [-0.2, 0) is 10.0 Å². The van der Waals surface area contributed by atoms with Crippen molar-refractivity contribution in [2.75, 3.05) is 16.7 Å². The number of amides is 1. The lowest BCUT2D eigenvalue weighted by Gasteiger charge is -2.19. The number of hydrogen-bond acceptors (Lipinski definition) is 4. The number of nitrogens with one attached hydrogen (secondary N) is 1. The Bertz CT molecular complexity index is 1310. The molecule has 1 aromatic heterocycles. The van der Waals surface area contributed by atoms with Gasteiger partial charge in [-0.15, -0.1) is 11.3 Å². The number of carbonyl (C=O) groups excluding carboxylic acids is 1. The molecule has 3 aromatic carbocycles. The number of hydrogen-bond donors (Lipinski definition) is 1. The maximum Gasteiger partial charge on any atom is 0.265 e. The van der Waals surface area contributed by atoms with Crippen molar-refractivity contribution in [3.05, 3.63) is 89.3 Å². The highest BCUT2D eigenvalue weighted by atomic mass is 32.2. The van der Waals surface area contributed by atoms with E-state index in [2.05, 4.69) is 5.32 Å². The zero-order valence-corrected chi connectivity index (χ0v) is 18.1. The molecule has 0 bridgehead atoms. The Morgan fingerprint density at radius 2 is 1.63 bits per heavy atom. The van der Waals surface area contributed by atoms with Crippen LogP contribution in [0, 0.1) is 6.92 Å². The molecule has 0 spiro atoms. The normalized spacial score (nSPS) is 11.4. The Morgan fingerprint density at radius 3 is 2.33 bits per heavy atom. The van der Waals surface area contributed by atoms with Crippen LogP contribution in [0.25, 0.3) is 10.1 Å². The smallest absolute Gasteiger partial charge is 0.265 e. The van der Waals surface area contributed by atoms with Crippen molar-refractivity contribution >= 4 is 48.7 Å². The van der Waals surface area contributed by atoms with Gasteiger partial charge >= 0.3 is 0 Å². The SMILES string of the molecule is Cc1ccc(S(=O)(=O)N(C)c2ccc3sc(C(=O)Nc4ccccc4)cc3c2)cc1. The van der Waals surface area contributed by atoms with E-state index in [0.29, 0.717) is 10.6 Å². The molecule has 0 radical (unpaired) electrons. The van der Waals surface area contributed by atoms with Crippen LogP contribution in [0.1, 0.15) is 15.2 Å². The van der Waals surface area contributed by atoms with Crippen molar-refractivity contribution in [2.45, 2.75) is 11.8 Å². The average molecular weight is 437 g/mol. The first-order chi connectivity index (χ1) is 14.3. The molecule has 0 aliphatic rings. The van der Waals surface area contributed by atoms with Crippen LogP contribution in [0.15, 0.2) is 83.8 Å². The van der Waals surface area contributed by atoms with E-state index in [1.54, 1.807) is 42.5 Å². The molecule has 4 rings (SSSR count). The van der Waals surface area contributed by atoms with Crippen LogP contribution in [0.4, 0.5) is 11.4 Å². The van der Waals surface area contributed by atoms with Gasteiger partial charge in [0.05, 0.1) is 15.5 Å². The van der Waals surface area contributed by atoms with Crippen LogP contribution in [-0.4, -0.2) is 21.4 Å². The summed E-state index contributed by atoms with van der Waals surface area (Å²) < 4.78 is 28.1. The zero-order chi connectivity index (χ0) is 21.3. The Hall–Kier alpha value is -3.16. The molecule has 5 nitrogen and oxygen atoms in total. The fourth-order valence-electron chi connectivity index (χ4n) is 3.06. The minimum Gasteiger partial charge on any atom is -0.321 e. The fourth-order valence-corrected chi connectivity index (χ4v) is 5.19. The third-order valence-electron chi connectivity index (χ3n) is 4.80. The lowest BCUT2D eigenvalue weighted by atomic mass is 10.2. The highest BCUT2D eigenvalue weighted by Gasteiger charge is 2.22. The number of sulfonamides is 1. The summed E-state index contributed by atoms with van der Waals surface area (Å²) in [6.45, 7) is 1.91. The van der Waals surface area contributed by atoms with Crippen molar-refractivity contribution < 1.29 is 13.2 Å². The molecule has 1 heterocycles. The predicted octanol–water partition coefficient (Wildman–Crippen LogP) is 5.29. The van der Waals surface area contributed by atoms with Crippen molar-refractivity contribution in [3.63, 3.8) is 0 Å². The second-order valence-corrected chi connectivity index (χ2v) is 9.99. The molecule has 0 unspecified atom stereocenters. The minimum atomic E-state index is -3.67. The summed E-state index contributed by atoms with van der Waals surface area (Å²) >= 11 is 1.37. The maximum atomic E-state index is 13.0. The van der Waals surface area contributed by atoms with E-state index in [1.165, 1.54) is 22.7 Å². The molecule has 30 heavy (non-hydrogen) atoms. The number of nitrogens with zero attached hydrogens (tertiary/aromatic N) is 1. The van der Waals surface area contributed by atoms with Crippen LogP contribution >= 0.6 is 11.3 Å². The summed E-state index contributed by atoms with van der Waals surface area (Å²) in [6, 6.07) is 23.2. The van der Waals surface area contributed by atoms with Gasteiger partial charge in [0.25, 0.3) is 15.9 Å². The monoisotopic (exact) mass is 436 g/mol. The summed E-state index contributed by atoms with van der Waals surface area (Å²) in [7, 11) is -2.14. The van der Waals surface area contributed by atoms with E-state index in [9.17, 15) is 13.2 Å². The number of rotatable bonds is 5. The molecular formula is C23H20N2O3S2. The van der Waals surface area contributed by atoms with E-state index in [4.69, 9.17) is 0 Å². The van der Waals surface area contributed by atoms with E-state index in [-0.39, 0.29) is 10.8 Å². The van der Waals surface area contributed by atoms with E-state index in [1.807, 2.05) is 43.3 Å². The van der Waals surface area contributed by atoms with Gasteiger partial charge < -0.3 is 5.32 Å². The fraction of sp³-hybridized carbons (Fsp3) is 0.0870. The van der Waals surface area contributed by atoms with Crippen molar-refractivity contribution in [3.8, 4) is 0 Å². The Labute approximate surface area is 179 Å². The van der Waals surface area contributed by atoms with Gasteiger partial charge in [-0.2, -0.15) is 0 Å². The van der Waals surface area contributed by atoms with E-state index in [0.717, 1.165) is 21.3 Å². The third-order valence-corrected chi connectivity index (χ3v) is 7.71. The van der Waals surface area contributed by atoms with Crippen molar-refractivity contribution in [1.82, 2.24) is 0 Å². The number of benzene rings is 3. The van der Waals surface area contributed by atoms with Crippen LogP contribution in [0.2, 0.25) is 0 Å². The molecule has 0 fully saturated rings. The van der Waals surface area contributed by atoms with Gasteiger partial charge in [0.2, 0.25) is 0 Å². The first kappa shape index (κ1) is 20.1. The molecule has 0 saturated heterocycles. The molecule has 0 aliphatic carbocycles. The number of anilines is 2. The molecule has 1 N–H and O–H groups in total. The van der Waals surface area contributed by atoms with Crippen molar-refractivity contribution in [1.29, 1.82) is 0 Å². The topological polar surface area (TPSA) is 66.5 Å². The minimum absolute atomic E-state index is 0.190. The molecule has 0 aliphatic heterocycles. The Morgan fingerprint density at radius 1 is 0.933 bits per heavy atom. The van der Waals surface area contributed by atoms with Gasteiger partial charge in [-0.05, 0) is 60.8 Å². The summed E-state index contributed by atoms with van der Waals surface area (Å²) in [5.74, 6) is -0.190. The lowest BCUT2D eigenvalue weighted by molar-refractivity contribution is 0.103. The first-order valence-corrected chi connectivity index (χ1v) is 11.6. The van der Waals surface area contributed by atoms with E-state index >= 15 is 0 Å². The number of thiophene rings is 1. The maximum absolute atomic E-state index is 13.0. The Balaban J connectivity index is 1.62.